The molecule has 8 nitrogen and oxygen atoms in total. The Bertz CT molecular complexity index is 757. The third kappa shape index (κ3) is 2.54. The minimum atomic E-state index is -0.721. The lowest BCUT2D eigenvalue weighted by Crippen LogP contribution is -2.52. The molecular weight excluding hydrogens is 316 g/mol. The van der Waals surface area contributed by atoms with Gasteiger partial charge in [0, 0.05) is 18.5 Å². The lowest BCUT2D eigenvalue weighted by atomic mass is 10.00. The van der Waals surface area contributed by atoms with Gasteiger partial charge in [0.25, 0.3) is 5.91 Å². The van der Waals surface area contributed by atoms with Crippen molar-refractivity contribution in [3.63, 3.8) is 0 Å². The Morgan fingerprint density at radius 2 is 2.12 bits per heavy atom. The average molecular weight is 332 g/mol. The minimum absolute atomic E-state index is 0.122. The van der Waals surface area contributed by atoms with Gasteiger partial charge in [-0.05, 0) is 23.6 Å². The fourth-order valence-electron chi connectivity index (χ4n) is 3.10. The number of carbonyl (C=O) groups is 4. The van der Waals surface area contributed by atoms with Crippen LogP contribution in [0.5, 0.6) is 0 Å². The average Bonchev–Trinajstić information content (AvgIpc) is 2.89. The predicted molar refractivity (Wildman–Crippen MR) is 79.7 cm³/mol. The van der Waals surface area contributed by atoms with Gasteiger partial charge in [-0.1, -0.05) is 6.07 Å². The normalized spacial score (nSPS) is 20.0. The molecule has 1 saturated heterocycles. The quantitative estimate of drug-likeness (QED) is 0.582. The van der Waals surface area contributed by atoms with E-state index in [0.717, 1.165) is 0 Å². The Balaban J connectivity index is 1.94. The van der Waals surface area contributed by atoms with Gasteiger partial charge in [0.2, 0.25) is 11.8 Å². The number of piperidine rings is 1. The highest BCUT2D eigenvalue weighted by Gasteiger charge is 2.39. The van der Waals surface area contributed by atoms with Gasteiger partial charge < -0.3 is 14.7 Å². The summed E-state index contributed by atoms with van der Waals surface area (Å²) in [6, 6.07) is 2.24. The van der Waals surface area contributed by atoms with E-state index < -0.39 is 17.9 Å². The van der Waals surface area contributed by atoms with Gasteiger partial charge in [-0.15, -0.1) is 0 Å². The van der Waals surface area contributed by atoms with Gasteiger partial charge >= 0.3 is 5.97 Å². The summed E-state index contributed by atoms with van der Waals surface area (Å²) in [5.41, 5.74) is 1.41. The van der Waals surface area contributed by atoms with Gasteiger partial charge in [0.05, 0.1) is 19.3 Å². The SMILES string of the molecule is COC(=O)c1cc2c(cc1CO)CN(C1CCC(=O)NC1=O)C2=O. The zero-order valence-corrected chi connectivity index (χ0v) is 13.0. The molecule has 0 aromatic heterocycles. The second-order valence-corrected chi connectivity index (χ2v) is 5.72. The number of amides is 3. The molecule has 3 amide bonds. The molecule has 2 N–H and O–H groups in total. The molecule has 0 radical (unpaired) electrons. The number of hydrogen-bond acceptors (Lipinski definition) is 6. The van der Waals surface area contributed by atoms with Gasteiger partial charge in [-0.3, -0.25) is 19.7 Å². The number of aliphatic hydroxyl groups excluding tert-OH is 1. The van der Waals surface area contributed by atoms with E-state index in [1.165, 1.54) is 18.1 Å². The number of fused-ring (bicyclic) bond motifs is 1. The first kappa shape index (κ1) is 16.1. The number of aliphatic hydroxyl groups is 1. The van der Waals surface area contributed by atoms with Gasteiger partial charge in [-0.25, -0.2) is 4.79 Å². The lowest BCUT2D eigenvalue weighted by molar-refractivity contribution is -0.136. The van der Waals surface area contributed by atoms with Crippen molar-refractivity contribution in [3.05, 3.63) is 34.4 Å². The van der Waals surface area contributed by atoms with Crippen LogP contribution in [0.2, 0.25) is 0 Å². The van der Waals surface area contributed by atoms with E-state index in [1.807, 2.05) is 0 Å². The van der Waals surface area contributed by atoms with E-state index in [0.29, 0.717) is 16.7 Å². The Morgan fingerprint density at radius 3 is 2.75 bits per heavy atom. The lowest BCUT2D eigenvalue weighted by Gasteiger charge is -2.29. The Kier molecular flexibility index (Phi) is 4.06. The van der Waals surface area contributed by atoms with Gasteiger partial charge in [0.1, 0.15) is 6.04 Å². The van der Waals surface area contributed by atoms with Crippen molar-refractivity contribution in [1.29, 1.82) is 0 Å². The fraction of sp³-hybridized carbons (Fsp3) is 0.375. The molecule has 1 aromatic carbocycles. The summed E-state index contributed by atoms with van der Waals surface area (Å²) >= 11 is 0. The van der Waals surface area contributed by atoms with Crippen LogP contribution >= 0.6 is 0 Å². The number of benzene rings is 1. The third-order valence-corrected chi connectivity index (χ3v) is 4.32. The molecule has 2 aliphatic rings. The van der Waals surface area contributed by atoms with Crippen molar-refractivity contribution >= 4 is 23.7 Å². The van der Waals surface area contributed by atoms with Crippen molar-refractivity contribution in [1.82, 2.24) is 10.2 Å². The smallest absolute Gasteiger partial charge is 0.338 e. The molecule has 2 aliphatic heterocycles. The van der Waals surface area contributed by atoms with Crippen LogP contribution in [0.3, 0.4) is 0 Å². The minimum Gasteiger partial charge on any atom is -0.465 e. The maximum absolute atomic E-state index is 12.6. The number of nitrogens with zero attached hydrogens (tertiary/aromatic N) is 1. The zero-order valence-electron chi connectivity index (χ0n) is 13.0. The zero-order chi connectivity index (χ0) is 17.4. The van der Waals surface area contributed by atoms with Crippen LogP contribution in [0.15, 0.2) is 12.1 Å². The molecule has 24 heavy (non-hydrogen) atoms. The number of esters is 1. The topological polar surface area (TPSA) is 113 Å². The van der Waals surface area contributed by atoms with Crippen LogP contribution in [-0.2, 0) is 27.5 Å². The molecule has 1 aromatic rings. The standard InChI is InChI=1S/C16H16N2O6/c1-24-16(23)11-5-10-8(4-9(11)7-19)6-18(15(10)22)12-2-3-13(20)17-14(12)21/h4-5,12,19H,2-3,6-7H2,1H3,(H,17,20,21). The van der Waals surface area contributed by atoms with Crippen LogP contribution < -0.4 is 5.32 Å². The van der Waals surface area contributed by atoms with Crippen LogP contribution in [0.25, 0.3) is 0 Å². The maximum atomic E-state index is 12.6. The summed E-state index contributed by atoms with van der Waals surface area (Å²) in [6.07, 6.45) is 0.437. The van der Waals surface area contributed by atoms with E-state index >= 15 is 0 Å². The molecule has 3 rings (SSSR count). The Hall–Kier alpha value is -2.74. The highest BCUT2D eigenvalue weighted by molar-refractivity contribution is 6.06. The second-order valence-electron chi connectivity index (χ2n) is 5.72. The molecule has 0 spiro atoms. The summed E-state index contributed by atoms with van der Waals surface area (Å²) in [4.78, 5) is 49.1. The Labute approximate surface area is 137 Å². The molecule has 126 valence electrons. The van der Waals surface area contributed by atoms with Crippen molar-refractivity contribution in [3.8, 4) is 0 Å². The number of hydrogen-bond donors (Lipinski definition) is 2. The number of ether oxygens (including phenoxy) is 1. The first-order valence-electron chi connectivity index (χ1n) is 7.46. The van der Waals surface area contributed by atoms with Crippen LogP contribution in [0, 0.1) is 0 Å². The Morgan fingerprint density at radius 1 is 1.38 bits per heavy atom. The highest BCUT2D eigenvalue weighted by atomic mass is 16.5. The highest BCUT2D eigenvalue weighted by Crippen LogP contribution is 2.30. The number of nitrogens with one attached hydrogen (secondary N) is 1. The molecule has 1 fully saturated rings. The summed E-state index contributed by atoms with van der Waals surface area (Å²) in [6.45, 7) is -0.181. The summed E-state index contributed by atoms with van der Waals surface area (Å²) < 4.78 is 4.67. The molecule has 1 atom stereocenters. The number of imide groups is 1. The second kappa shape index (κ2) is 6.04. The van der Waals surface area contributed by atoms with Gasteiger partial charge in [-0.2, -0.15) is 0 Å². The number of methoxy groups -OCH3 is 1. The first-order chi connectivity index (χ1) is 11.5. The summed E-state index contributed by atoms with van der Waals surface area (Å²) in [5.74, 6) is -1.87. The molecular formula is C16H16N2O6. The van der Waals surface area contributed by atoms with E-state index in [2.05, 4.69) is 10.1 Å². The molecule has 0 aliphatic carbocycles. The molecule has 8 heteroatoms. The third-order valence-electron chi connectivity index (χ3n) is 4.32. The largest absolute Gasteiger partial charge is 0.465 e. The maximum Gasteiger partial charge on any atom is 0.338 e. The van der Waals surface area contributed by atoms with Crippen LogP contribution in [-0.4, -0.2) is 46.8 Å². The fourth-order valence-corrected chi connectivity index (χ4v) is 3.10. The molecule has 2 heterocycles. The van der Waals surface area contributed by atoms with Crippen LogP contribution in [0.4, 0.5) is 0 Å². The van der Waals surface area contributed by atoms with Crippen molar-refractivity contribution in [2.24, 2.45) is 0 Å². The van der Waals surface area contributed by atoms with Crippen molar-refractivity contribution < 1.29 is 29.0 Å². The molecule has 0 saturated carbocycles. The van der Waals surface area contributed by atoms with E-state index in [9.17, 15) is 24.3 Å². The van der Waals surface area contributed by atoms with Crippen molar-refractivity contribution in [2.75, 3.05) is 7.11 Å². The van der Waals surface area contributed by atoms with Gasteiger partial charge in [0.15, 0.2) is 0 Å². The van der Waals surface area contributed by atoms with Crippen molar-refractivity contribution in [2.45, 2.75) is 32.0 Å². The van der Waals surface area contributed by atoms with E-state index in [-0.39, 0.29) is 43.4 Å². The number of carbonyl (C=O) groups excluding carboxylic acids is 4. The predicted octanol–water partition coefficient (Wildman–Crippen LogP) is -0.274. The summed E-state index contributed by atoms with van der Waals surface area (Å²) in [7, 11) is 1.22. The number of rotatable bonds is 3. The molecule has 0 bridgehead atoms. The first-order valence-corrected chi connectivity index (χ1v) is 7.46. The monoisotopic (exact) mass is 332 g/mol. The summed E-state index contributed by atoms with van der Waals surface area (Å²) in [5, 5.41) is 11.7. The van der Waals surface area contributed by atoms with Crippen LogP contribution in [0.1, 0.15) is 44.7 Å². The van der Waals surface area contributed by atoms with E-state index in [4.69, 9.17) is 0 Å². The van der Waals surface area contributed by atoms with E-state index in [1.54, 1.807) is 6.07 Å². The molecule has 1 unspecified atom stereocenters.